The Morgan fingerprint density at radius 2 is 1.81 bits per heavy atom. The SMILES string of the molecule is CCOC(=O)c1cc2c(=O)n3ccccc3nc2n(C(C)C)c1=NC(=O)c1ccc(C(F)(F)F)cc1. The van der Waals surface area contributed by atoms with E-state index in [0.717, 1.165) is 24.3 Å². The quantitative estimate of drug-likeness (QED) is 0.311. The fourth-order valence-corrected chi connectivity index (χ4v) is 3.76. The summed E-state index contributed by atoms with van der Waals surface area (Å²) in [6.07, 6.45) is -3.02. The fraction of sp³-hybridized carbons (Fsp3) is 0.240. The molecule has 11 heteroatoms. The first-order valence-corrected chi connectivity index (χ1v) is 11.0. The van der Waals surface area contributed by atoms with E-state index in [4.69, 9.17) is 4.74 Å². The van der Waals surface area contributed by atoms with Crippen LogP contribution in [0.3, 0.4) is 0 Å². The van der Waals surface area contributed by atoms with Crippen LogP contribution >= 0.6 is 0 Å². The minimum atomic E-state index is -4.56. The van der Waals surface area contributed by atoms with E-state index < -0.39 is 35.2 Å². The Hall–Kier alpha value is -4.28. The molecule has 0 radical (unpaired) electrons. The van der Waals surface area contributed by atoms with E-state index in [2.05, 4.69) is 9.98 Å². The smallest absolute Gasteiger partial charge is 0.416 e. The highest BCUT2D eigenvalue weighted by Crippen LogP contribution is 2.29. The highest BCUT2D eigenvalue weighted by atomic mass is 19.4. The van der Waals surface area contributed by atoms with Gasteiger partial charge < -0.3 is 9.30 Å². The Labute approximate surface area is 202 Å². The van der Waals surface area contributed by atoms with Crippen molar-refractivity contribution in [2.24, 2.45) is 4.99 Å². The van der Waals surface area contributed by atoms with Crippen LogP contribution < -0.4 is 11.0 Å². The van der Waals surface area contributed by atoms with E-state index in [1.165, 1.54) is 15.0 Å². The average Bonchev–Trinajstić information content (AvgIpc) is 2.83. The van der Waals surface area contributed by atoms with Crippen molar-refractivity contribution in [2.45, 2.75) is 33.0 Å². The standard InChI is InChI=1S/C25H21F3N4O4/c1-4-36-24(35)18-13-17-20(29-19-7-5-6-12-31(19)23(17)34)32(14(2)3)21(18)30-22(33)15-8-10-16(11-9-15)25(26,27)28/h5-14H,4H2,1-3H3. The number of nitrogens with zero attached hydrogens (tertiary/aromatic N) is 4. The van der Waals surface area contributed by atoms with Gasteiger partial charge in [-0.1, -0.05) is 6.07 Å². The Morgan fingerprint density at radius 3 is 2.42 bits per heavy atom. The number of aromatic nitrogens is 3. The lowest BCUT2D eigenvalue weighted by Gasteiger charge is -2.17. The number of hydrogen-bond acceptors (Lipinski definition) is 5. The molecule has 0 bridgehead atoms. The Kier molecular flexibility index (Phi) is 6.49. The predicted octanol–water partition coefficient (Wildman–Crippen LogP) is 4.17. The van der Waals surface area contributed by atoms with Crippen molar-refractivity contribution in [1.82, 2.24) is 14.0 Å². The van der Waals surface area contributed by atoms with Gasteiger partial charge >= 0.3 is 12.1 Å². The number of benzene rings is 1. The maximum absolute atomic E-state index is 13.2. The lowest BCUT2D eigenvalue weighted by atomic mass is 10.1. The number of esters is 1. The summed E-state index contributed by atoms with van der Waals surface area (Å²) in [6.45, 7) is 5.14. The van der Waals surface area contributed by atoms with Gasteiger partial charge in [-0.05, 0) is 63.2 Å². The first-order valence-electron chi connectivity index (χ1n) is 11.0. The summed E-state index contributed by atoms with van der Waals surface area (Å²) < 4.78 is 46.7. The van der Waals surface area contributed by atoms with Crippen molar-refractivity contribution in [3.05, 3.63) is 87.3 Å². The minimum absolute atomic E-state index is 0.0276. The third-order valence-corrected chi connectivity index (χ3v) is 5.41. The largest absolute Gasteiger partial charge is 0.462 e. The molecule has 0 spiro atoms. The molecule has 0 saturated heterocycles. The molecule has 0 fully saturated rings. The molecule has 0 aliphatic heterocycles. The highest BCUT2D eigenvalue weighted by molar-refractivity contribution is 5.97. The molecule has 36 heavy (non-hydrogen) atoms. The molecule has 0 unspecified atom stereocenters. The summed E-state index contributed by atoms with van der Waals surface area (Å²) in [6, 6.07) is 9.45. The van der Waals surface area contributed by atoms with Crippen molar-refractivity contribution in [3.8, 4) is 0 Å². The molecule has 0 N–H and O–H groups in total. The summed E-state index contributed by atoms with van der Waals surface area (Å²) in [4.78, 5) is 47.8. The first kappa shape index (κ1) is 24.8. The maximum atomic E-state index is 13.2. The molecule has 3 aromatic heterocycles. The zero-order valence-corrected chi connectivity index (χ0v) is 19.5. The van der Waals surface area contributed by atoms with Crippen LogP contribution in [0.2, 0.25) is 0 Å². The second kappa shape index (κ2) is 9.40. The van der Waals surface area contributed by atoms with E-state index in [1.54, 1.807) is 45.2 Å². The van der Waals surface area contributed by atoms with E-state index in [9.17, 15) is 27.6 Å². The van der Waals surface area contributed by atoms with Gasteiger partial charge in [0.15, 0.2) is 5.49 Å². The first-order chi connectivity index (χ1) is 17.0. The van der Waals surface area contributed by atoms with Gasteiger partial charge in [0.05, 0.1) is 17.6 Å². The van der Waals surface area contributed by atoms with Crippen LogP contribution in [0.1, 0.15) is 53.1 Å². The van der Waals surface area contributed by atoms with Crippen LogP contribution in [-0.2, 0) is 10.9 Å². The van der Waals surface area contributed by atoms with Crippen LogP contribution in [0, 0.1) is 0 Å². The van der Waals surface area contributed by atoms with Crippen LogP contribution in [0.25, 0.3) is 16.7 Å². The van der Waals surface area contributed by atoms with Crippen molar-refractivity contribution in [1.29, 1.82) is 0 Å². The average molecular weight is 498 g/mol. The number of ether oxygens (including phenoxy) is 1. The molecule has 0 aliphatic rings. The zero-order chi connectivity index (χ0) is 26.2. The number of pyridine rings is 2. The Morgan fingerprint density at radius 1 is 1.11 bits per heavy atom. The number of halogens is 3. The molecule has 0 saturated carbocycles. The molecular weight excluding hydrogens is 477 g/mol. The fourth-order valence-electron chi connectivity index (χ4n) is 3.76. The van der Waals surface area contributed by atoms with E-state index in [0.29, 0.717) is 5.65 Å². The van der Waals surface area contributed by atoms with Crippen LogP contribution in [0.15, 0.2) is 64.5 Å². The maximum Gasteiger partial charge on any atom is 0.416 e. The van der Waals surface area contributed by atoms with Gasteiger partial charge in [-0.3, -0.25) is 14.0 Å². The second-order valence-corrected chi connectivity index (χ2v) is 8.14. The molecule has 1 amide bonds. The summed E-state index contributed by atoms with van der Waals surface area (Å²) in [5.41, 5.74) is -1.19. The van der Waals surface area contributed by atoms with Crippen LogP contribution in [0.5, 0.6) is 0 Å². The van der Waals surface area contributed by atoms with Crippen molar-refractivity contribution in [2.75, 3.05) is 6.61 Å². The minimum Gasteiger partial charge on any atom is -0.462 e. The number of carbonyl (C=O) groups excluding carboxylic acids is 2. The van der Waals surface area contributed by atoms with Gasteiger partial charge in [-0.25, -0.2) is 9.78 Å². The molecule has 0 atom stereocenters. The van der Waals surface area contributed by atoms with Crippen molar-refractivity contribution in [3.63, 3.8) is 0 Å². The monoisotopic (exact) mass is 498 g/mol. The topological polar surface area (TPSA) is 95.0 Å². The summed E-state index contributed by atoms with van der Waals surface area (Å²) in [5.74, 6) is -1.69. The van der Waals surface area contributed by atoms with Crippen LogP contribution in [-0.4, -0.2) is 32.4 Å². The molecule has 8 nitrogen and oxygen atoms in total. The Balaban J connectivity index is 2.05. The second-order valence-electron chi connectivity index (χ2n) is 8.14. The van der Waals surface area contributed by atoms with Gasteiger partial charge in [0.1, 0.15) is 16.9 Å². The lowest BCUT2D eigenvalue weighted by molar-refractivity contribution is -0.137. The highest BCUT2D eigenvalue weighted by Gasteiger charge is 2.30. The molecule has 3 heterocycles. The third-order valence-electron chi connectivity index (χ3n) is 5.41. The summed E-state index contributed by atoms with van der Waals surface area (Å²) in [7, 11) is 0. The Bertz CT molecular complexity index is 1620. The van der Waals surface area contributed by atoms with Crippen LogP contribution in [0.4, 0.5) is 13.2 Å². The molecule has 186 valence electrons. The van der Waals surface area contributed by atoms with Gasteiger partial charge in [-0.15, -0.1) is 0 Å². The number of amides is 1. The number of rotatable bonds is 4. The molecule has 4 aromatic rings. The van der Waals surface area contributed by atoms with E-state index in [1.807, 2.05) is 0 Å². The number of alkyl halides is 3. The molecule has 1 aromatic carbocycles. The molecule has 4 rings (SSSR count). The summed E-state index contributed by atoms with van der Waals surface area (Å²) in [5, 5.41) is 0.108. The number of hydrogen-bond donors (Lipinski definition) is 0. The van der Waals surface area contributed by atoms with Gasteiger partial charge in [0.2, 0.25) is 0 Å². The number of carbonyl (C=O) groups is 2. The van der Waals surface area contributed by atoms with Gasteiger partial charge in [0.25, 0.3) is 11.5 Å². The number of fused-ring (bicyclic) bond motifs is 2. The third kappa shape index (κ3) is 4.51. The van der Waals surface area contributed by atoms with Crippen molar-refractivity contribution >= 4 is 28.6 Å². The summed E-state index contributed by atoms with van der Waals surface area (Å²) >= 11 is 0. The molecule has 0 aliphatic carbocycles. The van der Waals surface area contributed by atoms with E-state index in [-0.39, 0.29) is 34.3 Å². The van der Waals surface area contributed by atoms with Gasteiger partial charge in [0, 0.05) is 17.8 Å². The lowest BCUT2D eigenvalue weighted by Crippen LogP contribution is -2.33. The normalized spacial score (nSPS) is 12.5. The van der Waals surface area contributed by atoms with E-state index >= 15 is 0 Å². The van der Waals surface area contributed by atoms with Gasteiger partial charge in [-0.2, -0.15) is 18.2 Å². The van der Waals surface area contributed by atoms with Crippen molar-refractivity contribution < 1.29 is 27.5 Å². The zero-order valence-electron chi connectivity index (χ0n) is 19.5. The predicted molar refractivity (Wildman–Crippen MR) is 125 cm³/mol. The molecular formula is C25H21F3N4O4.